The van der Waals surface area contributed by atoms with Gasteiger partial charge in [0.15, 0.2) is 5.82 Å². The summed E-state index contributed by atoms with van der Waals surface area (Å²) >= 11 is 0. The minimum Gasteiger partial charge on any atom is -0.354 e. The third-order valence-electron chi connectivity index (χ3n) is 6.95. The number of carbonyl (C=O) groups is 1. The van der Waals surface area contributed by atoms with Gasteiger partial charge in [0.05, 0.1) is 24.1 Å². The fourth-order valence-corrected chi connectivity index (χ4v) is 4.90. The van der Waals surface area contributed by atoms with Crippen molar-refractivity contribution >= 4 is 17.3 Å². The Labute approximate surface area is 203 Å². The molecule has 0 spiro atoms. The molecule has 0 bridgehead atoms. The van der Waals surface area contributed by atoms with Crippen molar-refractivity contribution in [1.29, 1.82) is 0 Å². The Morgan fingerprint density at radius 2 is 1.77 bits per heavy atom. The molecule has 0 N–H and O–H groups in total. The number of rotatable bonds is 3. The Balaban J connectivity index is 1.45. The Morgan fingerprint density at radius 1 is 1.00 bits per heavy atom. The summed E-state index contributed by atoms with van der Waals surface area (Å²) in [6.45, 7) is 6.01. The van der Waals surface area contributed by atoms with Gasteiger partial charge in [-0.1, -0.05) is 5.57 Å². The lowest BCUT2D eigenvalue weighted by atomic mass is 9.93. The molecule has 0 saturated carbocycles. The summed E-state index contributed by atoms with van der Waals surface area (Å²) < 4.78 is 29.4. The van der Waals surface area contributed by atoms with E-state index in [1.807, 2.05) is 20.2 Å². The topological polar surface area (TPSA) is 67.2 Å². The fraction of sp³-hybridized carbons (Fsp3) is 0.385. The molecule has 7 nitrogen and oxygen atoms in total. The third-order valence-corrected chi connectivity index (χ3v) is 6.95. The number of benzene rings is 1. The van der Waals surface area contributed by atoms with E-state index in [1.54, 1.807) is 22.7 Å². The number of aromatic nitrogens is 4. The van der Waals surface area contributed by atoms with E-state index in [-0.39, 0.29) is 5.91 Å². The lowest BCUT2D eigenvalue weighted by Crippen LogP contribution is -2.37. The number of amides is 1. The maximum absolute atomic E-state index is 14.3. The second kappa shape index (κ2) is 9.20. The monoisotopic (exact) mass is 478 g/mol. The molecule has 0 aliphatic carbocycles. The molecule has 35 heavy (non-hydrogen) atoms. The average molecular weight is 479 g/mol. The van der Waals surface area contributed by atoms with Crippen molar-refractivity contribution in [2.75, 3.05) is 24.5 Å². The molecule has 182 valence electrons. The van der Waals surface area contributed by atoms with Crippen LogP contribution < -0.4 is 4.90 Å². The van der Waals surface area contributed by atoms with Crippen LogP contribution in [0, 0.1) is 11.6 Å². The summed E-state index contributed by atoms with van der Waals surface area (Å²) in [5, 5.41) is 4.31. The zero-order chi connectivity index (χ0) is 24.7. The van der Waals surface area contributed by atoms with Gasteiger partial charge in [-0.05, 0) is 37.5 Å². The minimum absolute atomic E-state index is 0.0350. The number of nitrogens with zero attached hydrogens (tertiary/aromatic N) is 6. The molecule has 0 unspecified atom stereocenters. The first-order valence-corrected chi connectivity index (χ1v) is 11.8. The van der Waals surface area contributed by atoms with Crippen LogP contribution in [0.1, 0.15) is 43.6 Å². The van der Waals surface area contributed by atoms with E-state index in [2.05, 4.69) is 10.00 Å². The van der Waals surface area contributed by atoms with Gasteiger partial charge in [-0.3, -0.25) is 9.48 Å². The van der Waals surface area contributed by atoms with Gasteiger partial charge in [0.25, 0.3) is 0 Å². The van der Waals surface area contributed by atoms with Gasteiger partial charge in [-0.15, -0.1) is 0 Å². The van der Waals surface area contributed by atoms with Gasteiger partial charge in [-0.25, -0.2) is 18.7 Å². The van der Waals surface area contributed by atoms with Gasteiger partial charge >= 0.3 is 0 Å². The summed E-state index contributed by atoms with van der Waals surface area (Å²) in [5.41, 5.74) is 5.88. The Kier molecular flexibility index (Phi) is 6.08. The van der Waals surface area contributed by atoms with Crippen LogP contribution in [-0.4, -0.2) is 50.2 Å². The zero-order valence-corrected chi connectivity index (χ0v) is 20.2. The number of fused-ring (bicyclic) bond motifs is 1. The summed E-state index contributed by atoms with van der Waals surface area (Å²) in [6.07, 6.45) is 5.88. The second-order valence-electron chi connectivity index (χ2n) is 9.22. The average Bonchev–Trinajstić information content (AvgIpc) is 3.28. The van der Waals surface area contributed by atoms with E-state index in [0.29, 0.717) is 25.1 Å². The summed E-state index contributed by atoms with van der Waals surface area (Å²) in [5.74, 6) is -0.249. The molecule has 5 rings (SSSR count). The highest BCUT2D eigenvalue weighted by molar-refractivity contribution is 5.75. The quantitative estimate of drug-likeness (QED) is 0.566. The fourth-order valence-electron chi connectivity index (χ4n) is 4.90. The number of carbonyl (C=O) groups excluding carboxylic acids is 1. The molecule has 0 atom stereocenters. The molecular formula is C26H28F2N6O. The van der Waals surface area contributed by atoms with Gasteiger partial charge in [0.2, 0.25) is 5.91 Å². The van der Waals surface area contributed by atoms with Crippen LogP contribution in [0.15, 0.2) is 36.2 Å². The van der Waals surface area contributed by atoms with Crippen LogP contribution in [0.25, 0.3) is 16.8 Å². The standard InChI is InChI=1S/C26H28F2N6O/c1-16(21-5-4-20(27)12-22(21)28)18-6-9-33(10-7-18)26-25(19-13-29-32(3)14-19)30-24-15-34(17(2)35)11-8-23(24)31-26/h4-5,12-14H,6-11,15H2,1-3H3. The van der Waals surface area contributed by atoms with E-state index in [1.165, 1.54) is 12.1 Å². The molecule has 2 aliphatic rings. The summed E-state index contributed by atoms with van der Waals surface area (Å²) in [6, 6.07) is 3.75. The Bertz CT molecular complexity index is 1320. The second-order valence-corrected chi connectivity index (χ2v) is 9.22. The van der Waals surface area contributed by atoms with Gasteiger partial charge < -0.3 is 9.80 Å². The molecule has 4 heterocycles. The maximum atomic E-state index is 14.3. The predicted molar refractivity (Wildman–Crippen MR) is 129 cm³/mol. The third kappa shape index (κ3) is 4.54. The Hall–Kier alpha value is -3.62. The highest BCUT2D eigenvalue weighted by Gasteiger charge is 2.27. The van der Waals surface area contributed by atoms with Crippen LogP contribution in [-0.2, 0) is 24.8 Å². The lowest BCUT2D eigenvalue weighted by molar-refractivity contribution is -0.129. The van der Waals surface area contributed by atoms with E-state index in [4.69, 9.17) is 9.97 Å². The maximum Gasteiger partial charge on any atom is 0.219 e. The van der Waals surface area contributed by atoms with E-state index in [0.717, 1.165) is 71.6 Å². The molecule has 0 radical (unpaired) electrons. The molecule has 2 aliphatic heterocycles. The largest absolute Gasteiger partial charge is 0.354 e. The number of halogens is 2. The van der Waals surface area contributed by atoms with E-state index >= 15 is 0 Å². The summed E-state index contributed by atoms with van der Waals surface area (Å²) in [7, 11) is 1.86. The first-order chi connectivity index (χ1) is 16.8. The molecule has 9 heteroatoms. The molecule has 1 fully saturated rings. The summed E-state index contributed by atoms with van der Waals surface area (Å²) in [4.78, 5) is 26.0. The molecule has 1 amide bonds. The first kappa shape index (κ1) is 23.1. The van der Waals surface area contributed by atoms with Crippen molar-refractivity contribution in [3.63, 3.8) is 0 Å². The van der Waals surface area contributed by atoms with Crippen molar-refractivity contribution in [2.45, 2.75) is 39.7 Å². The molecular weight excluding hydrogens is 450 g/mol. The van der Waals surface area contributed by atoms with E-state index in [9.17, 15) is 13.6 Å². The van der Waals surface area contributed by atoms with Gasteiger partial charge in [0.1, 0.15) is 17.3 Å². The minimum atomic E-state index is -0.570. The smallest absolute Gasteiger partial charge is 0.219 e. The van der Waals surface area contributed by atoms with Crippen LogP contribution in [0.4, 0.5) is 14.6 Å². The van der Waals surface area contributed by atoms with Crippen molar-refractivity contribution in [3.05, 3.63) is 64.8 Å². The molecule has 1 saturated heterocycles. The highest BCUT2D eigenvalue weighted by atomic mass is 19.1. The van der Waals surface area contributed by atoms with Gasteiger partial charge in [-0.2, -0.15) is 5.10 Å². The molecule has 1 aromatic carbocycles. The van der Waals surface area contributed by atoms with Crippen LogP contribution in [0.3, 0.4) is 0 Å². The number of anilines is 1. The van der Waals surface area contributed by atoms with Crippen molar-refractivity contribution in [1.82, 2.24) is 24.6 Å². The van der Waals surface area contributed by atoms with Crippen molar-refractivity contribution < 1.29 is 13.6 Å². The van der Waals surface area contributed by atoms with Crippen molar-refractivity contribution in [2.24, 2.45) is 7.05 Å². The van der Waals surface area contributed by atoms with Crippen LogP contribution >= 0.6 is 0 Å². The van der Waals surface area contributed by atoms with Crippen molar-refractivity contribution in [3.8, 4) is 11.3 Å². The lowest BCUT2D eigenvalue weighted by Gasteiger charge is -2.33. The number of allylic oxidation sites excluding steroid dienone is 1. The number of hydrogen-bond donors (Lipinski definition) is 0. The zero-order valence-electron chi connectivity index (χ0n) is 20.2. The first-order valence-electron chi connectivity index (χ1n) is 11.8. The number of piperidine rings is 1. The molecule has 2 aromatic heterocycles. The van der Waals surface area contributed by atoms with E-state index < -0.39 is 11.6 Å². The number of aryl methyl sites for hydroxylation is 1. The van der Waals surface area contributed by atoms with Gasteiger partial charge in [0, 0.05) is 63.4 Å². The predicted octanol–water partition coefficient (Wildman–Crippen LogP) is 4.13. The number of hydrogen-bond acceptors (Lipinski definition) is 5. The Morgan fingerprint density at radius 3 is 2.43 bits per heavy atom. The van der Waals surface area contributed by atoms with Crippen LogP contribution in [0.2, 0.25) is 0 Å². The highest BCUT2D eigenvalue weighted by Crippen LogP contribution is 2.34. The normalized spacial score (nSPS) is 15.9. The molecule has 3 aromatic rings. The van der Waals surface area contributed by atoms with Crippen LogP contribution in [0.5, 0.6) is 0 Å². The SMILES string of the molecule is CC(=O)N1CCc2nc(N3CCC(=C(C)c4ccc(F)cc4F)CC3)c(-c3cnn(C)c3)nc2C1.